The molecule has 0 saturated heterocycles. The summed E-state index contributed by atoms with van der Waals surface area (Å²) in [5.41, 5.74) is 2.18. The van der Waals surface area contributed by atoms with Crippen molar-refractivity contribution in [1.82, 2.24) is 5.32 Å². The van der Waals surface area contributed by atoms with Crippen molar-refractivity contribution < 1.29 is 4.79 Å². The molecule has 0 spiro atoms. The lowest BCUT2D eigenvalue weighted by Gasteiger charge is -2.29. The molecule has 2 rings (SSSR count). The highest BCUT2D eigenvalue weighted by Gasteiger charge is 2.23. The van der Waals surface area contributed by atoms with Crippen LogP contribution in [0.5, 0.6) is 0 Å². The van der Waals surface area contributed by atoms with Gasteiger partial charge in [0.05, 0.1) is 0 Å². The normalized spacial score (nSPS) is 22.4. The number of nitrogens with zero attached hydrogens (tertiary/aromatic N) is 1. The SMILES string of the molecule is Cc1cccc(/C=C(\C#N)C(=O)NC2CCCCC2C)c1. The Kier molecular flexibility index (Phi) is 5.16. The van der Waals surface area contributed by atoms with Crippen LogP contribution < -0.4 is 5.32 Å². The third kappa shape index (κ3) is 4.19. The number of hydrogen-bond donors (Lipinski definition) is 1. The molecule has 3 nitrogen and oxygen atoms in total. The molecule has 1 aromatic carbocycles. The van der Waals surface area contributed by atoms with Gasteiger partial charge in [-0.25, -0.2) is 0 Å². The topological polar surface area (TPSA) is 52.9 Å². The minimum atomic E-state index is -0.252. The first kappa shape index (κ1) is 15.3. The van der Waals surface area contributed by atoms with Crippen molar-refractivity contribution in [3.8, 4) is 6.07 Å². The van der Waals surface area contributed by atoms with Gasteiger partial charge in [-0.2, -0.15) is 5.26 Å². The molecule has 1 N–H and O–H groups in total. The van der Waals surface area contributed by atoms with Crippen LogP contribution in [0.1, 0.15) is 43.7 Å². The Balaban J connectivity index is 2.10. The van der Waals surface area contributed by atoms with Crippen LogP contribution in [0.15, 0.2) is 29.8 Å². The molecule has 0 aromatic heterocycles. The molecule has 3 heteroatoms. The molecule has 2 unspecified atom stereocenters. The maximum absolute atomic E-state index is 12.3. The number of aryl methyl sites for hydroxylation is 1. The predicted octanol–water partition coefficient (Wildman–Crippen LogP) is 3.60. The van der Waals surface area contributed by atoms with Gasteiger partial charge in [0, 0.05) is 6.04 Å². The van der Waals surface area contributed by atoms with Crippen LogP contribution in [0.25, 0.3) is 6.08 Å². The second-order valence-corrected chi connectivity index (χ2v) is 5.93. The van der Waals surface area contributed by atoms with E-state index in [1.165, 1.54) is 6.42 Å². The first-order valence-electron chi connectivity index (χ1n) is 7.59. The Labute approximate surface area is 126 Å². The number of carbonyl (C=O) groups excluding carboxylic acids is 1. The van der Waals surface area contributed by atoms with E-state index in [-0.39, 0.29) is 17.5 Å². The monoisotopic (exact) mass is 282 g/mol. The van der Waals surface area contributed by atoms with Gasteiger partial charge in [0.25, 0.3) is 5.91 Å². The number of nitriles is 1. The number of rotatable bonds is 3. The van der Waals surface area contributed by atoms with Crippen LogP contribution in [0, 0.1) is 24.2 Å². The van der Waals surface area contributed by atoms with Gasteiger partial charge in [0.2, 0.25) is 0 Å². The minimum Gasteiger partial charge on any atom is -0.348 e. The zero-order chi connectivity index (χ0) is 15.2. The van der Waals surface area contributed by atoms with Crippen LogP contribution in [-0.4, -0.2) is 11.9 Å². The summed E-state index contributed by atoms with van der Waals surface area (Å²) in [4.78, 5) is 12.3. The predicted molar refractivity (Wildman–Crippen MR) is 84.3 cm³/mol. The fraction of sp³-hybridized carbons (Fsp3) is 0.444. The summed E-state index contributed by atoms with van der Waals surface area (Å²) in [5, 5.41) is 12.3. The average molecular weight is 282 g/mol. The summed E-state index contributed by atoms with van der Waals surface area (Å²) in [6.07, 6.45) is 6.21. The van der Waals surface area contributed by atoms with E-state index in [2.05, 4.69) is 12.2 Å². The molecular weight excluding hydrogens is 260 g/mol. The van der Waals surface area contributed by atoms with Crippen molar-refractivity contribution in [1.29, 1.82) is 5.26 Å². The molecule has 0 bridgehead atoms. The molecule has 1 aliphatic carbocycles. The highest BCUT2D eigenvalue weighted by molar-refractivity contribution is 6.01. The lowest BCUT2D eigenvalue weighted by atomic mass is 9.86. The molecule has 0 aliphatic heterocycles. The number of benzene rings is 1. The molecule has 1 aliphatic rings. The smallest absolute Gasteiger partial charge is 0.262 e. The van der Waals surface area contributed by atoms with Crippen molar-refractivity contribution >= 4 is 12.0 Å². The molecule has 0 heterocycles. The molecule has 21 heavy (non-hydrogen) atoms. The first-order valence-corrected chi connectivity index (χ1v) is 7.59. The Hall–Kier alpha value is -2.08. The van der Waals surface area contributed by atoms with E-state index in [1.807, 2.05) is 37.3 Å². The maximum atomic E-state index is 12.3. The van der Waals surface area contributed by atoms with E-state index < -0.39 is 0 Å². The van der Waals surface area contributed by atoms with Gasteiger partial charge >= 0.3 is 0 Å². The zero-order valence-corrected chi connectivity index (χ0v) is 12.7. The second-order valence-electron chi connectivity index (χ2n) is 5.93. The Morgan fingerprint density at radius 3 is 2.81 bits per heavy atom. The van der Waals surface area contributed by atoms with Crippen molar-refractivity contribution in [3.63, 3.8) is 0 Å². The summed E-state index contributed by atoms with van der Waals surface area (Å²) in [6, 6.07) is 10.0. The van der Waals surface area contributed by atoms with Gasteiger partial charge in [0.15, 0.2) is 0 Å². The van der Waals surface area contributed by atoms with E-state index in [0.29, 0.717) is 5.92 Å². The van der Waals surface area contributed by atoms with Crippen LogP contribution in [-0.2, 0) is 4.79 Å². The number of carbonyl (C=O) groups is 1. The van der Waals surface area contributed by atoms with Crippen LogP contribution >= 0.6 is 0 Å². The highest BCUT2D eigenvalue weighted by Crippen LogP contribution is 2.24. The molecule has 1 fully saturated rings. The van der Waals surface area contributed by atoms with E-state index >= 15 is 0 Å². The zero-order valence-electron chi connectivity index (χ0n) is 12.7. The third-order valence-corrected chi connectivity index (χ3v) is 4.15. The van der Waals surface area contributed by atoms with Gasteiger partial charge in [-0.3, -0.25) is 4.79 Å². The first-order chi connectivity index (χ1) is 10.1. The highest BCUT2D eigenvalue weighted by atomic mass is 16.1. The lowest BCUT2D eigenvalue weighted by Crippen LogP contribution is -2.41. The van der Waals surface area contributed by atoms with Gasteiger partial charge in [-0.05, 0) is 37.3 Å². The van der Waals surface area contributed by atoms with Gasteiger partial charge < -0.3 is 5.32 Å². The van der Waals surface area contributed by atoms with Gasteiger partial charge in [-0.1, -0.05) is 49.6 Å². The largest absolute Gasteiger partial charge is 0.348 e. The molecule has 1 saturated carbocycles. The molecule has 0 radical (unpaired) electrons. The van der Waals surface area contributed by atoms with E-state index in [1.54, 1.807) is 6.08 Å². The minimum absolute atomic E-state index is 0.179. The summed E-state index contributed by atoms with van der Waals surface area (Å²) < 4.78 is 0. The quantitative estimate of drug-likeness (QED) is 0.680. The lowest BCUT2D eigenvalue weighted by molar-refractivity contribution is -0.118. The standard InChI is InChI=1S/C18H22N2O/c1-13-6-5-8-15(10-13)11-16(12-19)18(21)20-17-9-4-3-7-14(17)2/h5-6,8,10-11,14,17H,3-4,7,9H2,1-2H3,(H,20,21)/b16-11+. The second kappa shape index (κ2) is 7.08. The number of nitrogens with one attached hydrogen (secondary N) is 1. The fourth-order valence-electron chi connectivity index (χ4n) is 2.85. The van der Waals surface area contributed by atoms with Gasteiger partial charge in [-0.15, -0.1) is 0 Å². The molecular formula is C18H22N2O. The molecule has 110 valence electrons. The van der Waals surface area contributed by atoms with Crippen molar-refractivity contribution in [3.05, 3.63) is 41.0 Å². The van der Waals surface area contributed by atoms with Crippen LogP contribution in [0.4, 0.5) is 0 Å². The van der Waals surface area contributed by atoms with Crippen LogP contribution in [0.2, 0.25) is 0 Å². The summed E-state index contributed by atoms with van der Waals surface area (Å²) >= 11 is 0. The molecule has 2 atom stereocenters. The van der Waals surface area contributed by atoms with E-state index in [4.69, 9.17) is 0 Å². The summed E-state index contributed by atoms with van der Waals surface area (Å²) in [7, 11) is 0. The van der Waals surface area contributed by atoms with Crippen LogP contribution in [0.3, 0.4) is 0 Å². The third-order valence-electron chi connectivity index (χ3n) is 4.15. The fourth-order valence-corrected chi connectivity index (χ4v) is 2.85. The summed E-state index contributed by atoms with van der Waals surface area (Å²) in [6.45, 7) is 4.16. The number of amides is 1. The number of hydrogen-bond acceptors (Lipinski definition) is 2. The molecule has 1 aromatic rings. The molecule has 1 amide bonds. The maximum Gasteiger partial charge on any atom is 0.262 e. The van der Waals surface area contributed by atoms with Gasteiger partial charge in [0.1, 0.15) is 11.6 Å². The Morgan fingerprint density at radius 2 is 2.14 bits per heavy atom. The van der Waals surface area contributed by atoms with E-state index in [9.17, 15) is 10.1 Å². The van der Waals surface area contributed by atoms with Crippen molar-refractivity contribution in [2.24, 2.45) is 5.92 Å². The summed E-state index contributed by atoms with van der Waals surface area (Å²) in [5.74, 6) is 0.236. The van der Waals surface area contributed by atoms with Crippen molar-refractivity contribution in [2.45, 2.75) is 45.6 Å². The average Bonchev–Trinajstić information content (AvgIpc) is 2.47. The Bertz CT molecular complexity index is 583. The van der Waals surface area contributed by atoms with E-state index in [0.717, 1.165) is 30.4 Å². The Morgan fingerprint density at radius 1 is 1.38 bits per heavy atom. The van der Waals surface area contributed by atoms with Crippen molar-refractivity contribution in [2.75, 3.05) is 0 Å².